The fourth-order valence-electron chi connectivity index (χ4n) is 1.41. The summed E-state index contributed by atoms with van der Waals surface area (Å²) in [5, 5.41) is 3.40. The molecule has 2 nitrogen and oxygen atoms in total. The molecule has 1 N–H and O–H groups in total. The molecule has 0 radical (unpaired) electrons. The molecule has 2 heteroatoms. The predicted molar refractivity (Wildman–Crippen MR) is 64.3 cm³/mol. The number of nitrogens with one attached hydrogen (secondary N) is 1. The first-order chi connectivity index (χ1) is 7.13. The smallest absolute Gasteiger partial charge is 0.124 e. The van der Waals surface area contributed by atoms with E-state index in [1.807, 2.05) is 6.92 Å². The van der Waals surface area contributed by atoms with Crippen LogP contribution in [0, 0.1) is 6.92 Å². The normalized spacial score (nSPS) is 10.7. The van der Waals surface area contributed by atoms with Gasteiger partial charge in [0.25, 0.3) is 0 Å². The third-order valence-electron chi connectivity index (χ3n) is 2.22. The monoisotopic (exact) mass is 207 g/mol. The first-order valence-electron chi connectivity index (χ1n) is 5.59. The predicted octanol–water partition coefficient (Wildman–Crippen LogP) is 2.89. The maximum absolute atomic E-state index is 5.61. The molecule has 84 valence electrons. The summed E-state index contributed by atoms with van der Waals surface area (Å²) in [7, 11) is 0. The number of aryl methyl sites for hydroxylation is 1. The Balaban J connectivity index is 2.76. The molecule has 0 spiro atoms. The molecule has 1 aromatic rings. The van der Waals surface area contributed by atoms with Gasteiger partial charge in [-0.15, -0.1) is 0 Å². The molecule has 0 aliphatic heterocycles. The summed E-state index contributed by atoms with van der Waals surface area (Å²) in [4.78, 5) is 0. The average Bonchev–Trinajstić information content (AvgIpc) is 2.17. The van der Waals surface area contributed by atoms with Crippen LogP contribution in [0.15, 0.2) is 18.2 Å². The van der Waals surface area contributed by atoms with E-state index < -0.39 is 0 Å². The van der Waals surface area contributed by atoms with E-state index in [0.717, 1.165) is 18.9 Å². The molecule has 15 heavy (non-hydrogen) atoms. The van der Waals surface area contributed by atoms with E-state index >= 15 is 0 Å². The highest BCUT2D eigenvalue weighted by atomic mass is 16.5. The van der Waals surface area contributed by atoms with Crippen LogP contribution in [-0.4, -0.2) is 12.6 Å². The van der Waals surface area contributed by atoms with Crippen LogP contribution in [0.4, 0.5) is 0 Å². The van der Waals surface area contributed by atoms with E-state index in [4.69, 9.17) is 4.74 Å². The van der Waals surface area contributed by atoms with Crippen LogP contribution in [0.1, 0.15) is 31.9 Å². The lowest BCUT2D eigenvalue weighted by atomic mass is 10.1. The zero-order chi connectivity index (χ0) is 11.3. The van der Waals surface area contributed by atoms with Crippen molar-refractivity contribution in [3.63, 3.8) is 0 Å². The van der Waals surface area contributed by atoms with E-state index in [1.54, 1.807) is 0 Å². The summed E-state index contributed by atoms with van der Waals surface area (Å²) < 4.78 is 5.61. The quantitative estimate of drug-likeness (QED) is 0.801. The molecule has 0 atom stereocenters. The van der Waals surface area contributed by atoms with Crippen LogP contribution < -0.4 is 10.1 Å². The van der Waals surface area contributed by atoms with Crippen molar-refractivity contribution < 1.29 is 4.74 Å². The highest BCUT2D eigenvalue weighted by molar-refractivity contribution is 5.37. The maximum Gasteiger partial charge on any atom is 0.124 e. The minimum atomic E-state index is 0.501. The minimum Gasteiger partial charge on any atom is -0.494 e. The van der Waals surface area contributed by atoms with Gasteiger partial charge in [-0.25, -0.2) is 0 Å². The molecule has 0 aliphatic rings. The number of benzene rings is 1. The third kappa shape index (κ3) is 3.92. The van der Waals surface area contributed by atoms with E-state index in [-0.39, 0.29) is 0 Å². The fourth-order valence-corrected chi connectivity index (χ4v) is 1.41. The Morgan fingerprint density at radius 1 is 1.33 bits per heavy atom. The van der Waals surface area contributed by atoms with Crippen molar-refractivity contribution in [1.82, 2.24) is 5.32 Å². The first-order valence-corrected chi connectivity index (χ1v) is 5.59. The highest BCUT2D eigenvalue weighted by Gasteiger charge is 2.03. The molecule has 0 saturated heterocycles. The Labute approximate surface area is 92.6 Å². The zero-order valence-electron chi connectivity index (χ0n) is 10.1. The lowest BCUT2D eigenvalue weighted by Gasteiger charge is -2.13. The van der Waals surface area contributed by atoms with Crippen LogP contribution in [-0.2, 0) is 6.54 Å². The van der Waals surface area contributed by atoms with E-state index in [0.29, 0.717) is 6.04 Å². The van der Waals surface area contributed by atoms with Gasteiger partial charge in [0.15, 0.2) is 0 Å². The standard InChI is InChI=1S/C13H21NO/c1-5-15-13-8-11(4)6-7-12(13)9-14-10(2)3/h6-8,10,14H,5,9H2,1-4H3. The van der Waals surface area contributed by atoms with Gasteiger partial charge in [-0.1, -0.05) is 26.0 Å². The van der Waals surface area contributed by atoms with Crippen molar-refractivity contribution in [1.29, 1.82) is 0 Å². The van der Waals surface area contributed by atoms with Crippen molar-refractivity contribution in [2.75, 3.05) is 6.61 Å². The van der Waals surface area contributed by atoms with Crippen LogP contribution in [0.3, 0.4) is 0 Å². The van der Waals surface area contributed by atoms with Gasteiger partial charge in [0, 0.05) is 18.2 Å². The summed E-state index contributed by atoms with van der Waals surface area (Å²) in [5.41, 5.74) is 2.47. The van der Waals surface area contributed by atoms with Gasteiger partial charge in [-0.05, 0) is 25.5 Å². The van der Waals surface area contributed by atoms with Crippen molar-refractivity contribution in [2.24, 2.45) is 0 Å². The Morgan fingerprint density at radius 3 is 2.67 bits per heavy atom. The molecular weight excluding hydrogens is 186 g/mol. The number of hydrogen-bond acceptors (Lipinski definition) is 2. The lowest BCUT2D eigenvalue weighted by Crippen LogP contribution is -2.22. The van der Waals surface area contributed by atoms with E-state index in [2.05, 4.69) is 44.3 Å². The van der Waals surface area contributed by atoms with Crippen LogP contribution >= 0.6 is 0 Å². The summed E-state index contributed by atoms with van der Waals surface area (Å²) in [6.45, 7) is 9.98. The molecule has 0 aliphatic carbocycles. The van der Waals surface area contributed by atoms with Crippen LogP contribution in [0.5, 0.6) is 5.75 Å². The molecule has 0 amide bonds. The van der Waals surface area contributed by atoms with Gasteiger partial charge in [-0.2, -0.15) is 0 Å². The second-order valence-corrected chi connectivity index (χ2v) is 4.08. The molecule has 0 aromatic heterocycles. The van der Waals surface area contributed by atoms with Gasteiger partial charge in [0.2, 0.25) is 0 Å². The number of ether oxygens (including phenoxy) is 1. The Bertz CT molecular complexity index is 307. The van der Waals surface area contributed by atoms with Gasteiger partial charge in [0.05, 0.1) is 6.61 Å². The summed E-state index contributed by atoms with van der Waals surface area (Å²) in [6.07, 6.45) is 0. The van der Waals surface area contributed by atoms with Crippen molar-refractivity contribution in [3.05, 3.63) is 29.3 Å². The van der Waals surface area contributed by atoms with Crippen LogP contribution in [0.25, 0.3) is 0 Å². The van der Waals surface area contributed by atoms with E-state index in [1.165, 1.54) is 11.1 Å². The van der Waals surface area contributed by atoms with Crippen molar-refractivity contribution in [2.45, 2.75) is 40.3 Å². The molecule has 0 unspecified atom stereocenters. The van der Waals surface area contributed by atoms with Gasteiger partial charge in [-0.3, -0.25) is 0 Å². The largest absolute Gasteiger partial charge is 0.494 e. The second-order valence-electron chi connectivity index (χ2n) is 4.08. The Hall–Kier alpha value is -1.02. The van der Waals surface area contributed by atoms with Crippen LogP contribution in [0.2, 0.25) is 0 Å². The van der Waals surface area contributed by atoms with Crippen molar-refractivity contribution >= 4 is 0 Å². The number of rotatable bonds is 5. The maximum atomic E-state index is 5.61. The zero-order valence-corrected chi connectivity index (χ0v) is 10.1. The fraction of sp³-hybridized carbons (Fsp3) is 0.538. The molecular formula is C13H21NO. The molecule has 0 saturated carbocycles. The van der Waals surface area contributed by atoms with Crippen molar-refractivity contribution in [3.8, 4) is 5.75 Å². The Kier molecular flexibility index (Phi) is 4.63. The SMILES string of the molecule is CCOc1cc(C)ccc1CNC(C)C. The average molecular weight is 207 g/mol. The summed E-state index contributed by atoms with van der Waals surface area (Å²) in [5.74, 6) is 1.01. The van der Waals surface area contributed by atoms with E-state index in [9.17, 15) is 0 Å². The van der Waals surface area contributed by atoms with Gasteiger partial charge in [0.1, 0.15) is 5.75 Å². The summed E-state index contributed by atoms with van der Waals surface area (Å²) in [6, 6.07) is 6.86. The first kappa shape index (κ1) is 12.1. The number of hydrogen-bond donors (Lipinski definition) is 1. The Morgan fingerprint density at radius 2 is 2.07 bits per heavy atom. The van der Waals surface area contributed by atoms with Gasteiger partial charge < -0.3 is 10.1 Å². The molecule has 0 bridgehead atoms. The second kappa shape index (κ2) is 5.76. The lowest BCUT2D eigenvalue weighted by molar-refractivity contribution is 0.335. The minimum absolute atomic E-state index is 0.501. The topological polar surface area (TPSA) is 21.3 Å². The highest BCUT2D eigenvalue weighted by Crippen LogP contribution is 2.20. The molecule has 1 rings (SSSR count). The molecule has 0 fully saturated rings. The summed E-state index contributed by atoms with van der Waals surface area (Å²) >= 11 is 0. The third-order valence-corrected chi connectivity index (χ3v) is 2.22. The molecule has 1 aromatic carbocycles. The van der Waals surface area contributed by atoms with Gasteiger partial charge >= 0.3 is 0 Å². The molecule has 0 heterocycles.